The van der Waals surface area contributed by atoms with Crippen LogP contribution in [0.25, 0.3) is 0 Å². The largest absolute Gasteiger partial charge is 0.484 e. The number of nitrogen functional groups attached to an aromatic ring is 1. The normalized spacial score (nSPS) is 11.1. The van der Waals surface area contributed by atoms with Crippen LogP contribution in [0.3, 0.4) is 0 Å². The Balaban J connectivity index is 1.85. The Morgan fingerprint density at radius 3 is 2.61 bits per heavy atom. The van der Waals surface area contributed by atoms with Gasteiger partial charge in [0.15, 0.2) is 6.61 Å². The van der Waals surface area contributed by atoms with Crippen LogP contribution in [0.5, 0.6) is 5.75 Å². The Labute approximate surface area is 136 Å². The summed E-state index contributed by atoms with van der Waals surface area (Å²) in [5, 5.41) is 4.06. The number of ether oxygens (including phenoxy) is 1. The Morgan fingerprint density at radius 1 is 1.22 bits per heavy atom. The highest BCUT2D eigenvalue weighted by Crippen LogP contribution is 2.12. The minimum Gasteiger partial charge on any atom is -0.484 e. The number of nitrogens with one attached hydrogen (secondary N) is 1. The molecule has 2 rings (SSSR count). The number of hydrogen-bond acceptors (Lipinski definition) is 4. The molecule has 0 unspecified atom stereocenters. The lowest BCUT2D eigenvalue weighted by molar-refractivity contribution is -0.123. The Hall–Kier alpha value is -2.82. The van der Waals surface area contributed by atoms with Gasteiger partial charge in [0.05, 0.1) is 5.71 Å². The first kappa shape index (κ1) is 16.5. The highest BCUT2D eigenvalue weighted by Gasteiger charge is 2.03. The summed E-state index contributed by atoms with van der Waals surface area (Å²) in [6.45, 7) is 3.81. The maximum Gasteiger partial charge on any atom is 0.277 e. The van der Waals surface area contributed by atoms with Crippen LogP contribution in [-0.2, 0) is 11.2 Å². The van der Waals surface area contributed by atoms with E-state index in [1.807, 2.05) is 36.4 Å². The Morgan fingerprint density at radius 2 is 1.96 bits per heavy atom. The number of rotatable bonds is 6. The van der Waals surface area contributed by atoms with Crippen molar-refractivity contribution < 1.29 is 9.53 Å². The molecule has 0 aliphatic carbocycles. The maximum absolute atomic E-state index is 11.8. The van der Waals surface area contributed by atoms with Gasteiger partial charge in [-0.15, -0.1) is 0 Å². The van der Waals surface area contributed by atoms with Crippen molar-refractivity contribution in [2.45, 2.75) is 20.3 Å². The van der Waals surface area contributed by atoms with Crippen LogP contribution in [0.15, 0.2) is 53.6 Å². The average Bonchev–Trinajstić information content (AvgIpc) is 2.58. The first-order valence-electron chi connectivity index (χ1n) is 7.49. The number of nitrogens with zero attached hydrogens (tertiary/aromatic N) is 1. The molecule has 0 atom stereocenters. The molecule has 0 fully saturated rings. The summed E-state index contributed by atoms with van der Waals surface area (Å²) < 4.78 is 5.42. The van der Waals surface area contributed by atoms with E-state index in [1.54, 1.807) is 19.1 Å². The van der Waals surface area contributed by atoms with Crippen LogP contribution in [0.2, 0.25) is 0 Å². The number of hydrazone groups is 1. The van der Waals surface area contributed by atoms with Crippen LogP contribution < -0.4 is 15.9 Å². The van der Waals surface area contributed by atoms with E-state index < -0.39 is 0 Å². The average molecular weight is 311 g/mol. The van der Waals surface area contributed by atoms with Gasteiger partial charge < -0.3 is 10.5 Å². The minimum atomic E-state index is -0.312. The molecule has 1 amide bonds. The molecule has 0 aromatic heterocycles. The van der Waals surface area contributed by atoms with E-state index in [1.165, 1.54) is 5.56 Å². The van der Waals surface area contributed by atoms with Crippen LogP contribution >= 0.6 is 0 Å². The van der Waals surface area contributed by atoms with Crippen molar-refractivity contribution in [3.63, 3.8) is 0 Å². The van der Waals surface area contributed by atoms with Gasteiger partial charge in [0.25, 0.3) is 5.91 Å². The van der Waals surface area contributed by atoms with Gasteiger partial charge in [-0.05, 0) is 48.7 Å². The van der Waals surface area contributed by atoms with Gasteiger partial charge >= 0.3 is 0 Å². The van der Waals surface area contributed by atoms with Gasteiger partial charge in [0, 0.05) is 5.69 Å². The standard InChI is InChI=1S/C18H21N3O2/c1-3-14-7-9-17(10-8-14)23-12-18(22)21-20-13(2)15-5-4-6-16(19)11-15/h4-11H,3,12,19H2,1-2H3,(H,21,22)/b20-13+. The van der Waals surface area contributed by atoms with Crippen LogP contribution in [0, 0.1) is 0 Å². The summed E-state index contributed by atoms with van der Waals surface area (Å²) in [5.41, 5.74) is 11.6. The van der Waals surface area contributed by atoms with Crippen LogP contribution in [0.4, 0.5) is 5.69 Å². The molecule has 120 valence electrons. The van der Waals surface area contributed by atoms with Crippen molar-refractivity contribution in [3.8, 4) is 5.75 Å². The first-order valence-corrected chi connectivity index (χ1v) is 7.49. The van der Waals surface area contributed by atoms with Gasteiger partial charge in [-0.1, -0.05) is 31.2 Å². The molecule has 5 nitrogen and oxygen atoms in total. The SMILES string of the molecule is CCc1ccc(OCC(=O)N/N=C(\C)c2cccc(N)c2)cc1. The quantitative estimate of drug-likeness (QED) is 0.489. The number of benzene rings is 2. The molecular formula is C18H21N3O2. The molecule has 0 heterocycles. The fourth-order valence-corrected chi connectivity index (χ4v) is 1.98. The summed E-state index contributed by atoms with van der Waals surface area (Å²) in [5.74, 6) is 0.349. The molecule has 23 heavy (non-hydrogen) atoms. The van der Waals surface area contributed by atoms with E-state index in [2.05, 4.69) is 17.5 Å². The van der Waals surface area contributed by atoms with Gasteiger partial charge in [-0.2, -0.15) is 5.10 Å². The molecule has 5 heteroatoms. The third-order valence-corrected chi connectivity index (χ3v) is 3.35. The van der Waals surface area contributed by atoms with E-state index >= 15 is 0 Å². The third-order valence-electron chi connectivity index (χ3n) is 3.35. The van der Waals surface area contributed by atoms with Crippen LogP contribution in [-0.4, -0.2) is 18.2 Å². The monoisotopic (exact) mass is 311 g/mol. The van der Waals surface area contributed by atoms with Crippen molar-refractivity contribution >= 4 is 17.3 Å². The predicted molar refractivity (Wildman–Crippen MR) is 92.5 cm³/mol. The number of nitrogens with two attached hydrogens (primary N) is 1. The minimum absolute atomic E-state index is 0.0841. The van der Waals surface area contributed by atoms with Gasteiger partial charge in [-0.25, -0.2) is 5.43 Å². The van der Waals surface area contributed by atoms with Gasteiger partial charge in [0.2, 0.25) is 0 Å². The molecule has 0 saturated heterocycles. The molecule has 0 aliphatic rings. The summed E-state index contributed by atoms with van der Waals surface area (Å²) >= 11 is 0. The number of anilines is 1. The fourth-order valence-electron chi connectivity index (χ4n) is 1.98. The predicted octanol–water partition coefficient (Wildman–Crippen LogP) is 2.75. The maximum atomic E-state index is 11.8. The topological polar surface area (TPSA) is 76.7 Å². The zero-order chi connectivity index (χ0) is 16.7. The molecule has 0 spiro atoms. The van der Waals surface area contributed by atoms with Crippen molar-refractivity contribution in [1.82, 2.24) is 5.43 Å². The lowest BCUT2D eigenvalue weighted by atomic mass is 10.1. The fraction of sp³-hybridized carbons (Fsp3) is 0.222. The summed E-state index contributed by atoms with van der Waals surface area (Å²) in [4.78, 5) is 11.8. The molecular weight excluding hydrogens is 290 g/mol. The van der Waals surface area contributed by atoms with Gasteiger partial charge in [-0.3, -0.25) is 4.79 Å². The van der Waals surface area contributed by atoms with Crippen LogP contribution in [0.1, 0.15) is 25.0 Å². The van der Waals surface area contributed by atoms with Crippen molar-refractivity contribution in [3.05, 3.63) is 59.7 Å². The number of hydrogen-bond donors (Lipinski definition) is 2. The molecule has 3 N–H and O–H groups in total. The number of amides is 1. The summed E-state index contributed by atoms with van der Waals surface area (Å²) in [6.07, 6.45) is 0.971. The Bertz CT molecular complexity index is 694. The molecule has 2 aromatic rings. The second-order valence-corrected chi connectivity index (χ2v) is 5.14. The Kier molecular flexibility index (Phi) is 5.74. The second kappa shape index (κ2) is 7.98. The summed E-state index contributed by atoms with van der Waals surface area (Å²) in [7, 11) is 0. The molecule has 0 bridgehead atoms. The lowest BCUT2D eigenvalue weighted by Crippen LogP contribution is -2.25. The smallest absolute Gasteiger partial charge is 0.277 e. The molecule has 0 saturated carbocycles. The first-order chi connectivity index (χ1) is 11.1. The zero-order valence-electron chi connectivity index (χ0n) is 13.4. The van der Waals surface area contributed by atoms with Crippen molar-refractivity contribution in [2.75, 3.05) is 12.3 Å². The van der Waals surface area contributed by atoms with E-state index in [-0.39, 0.29) is 12.5 Å². The number of carbonyl (C=O) groups excluding carboxylic acids is 1. The van der Waals surface area contributed by atoms with Crippen molar-refractivity contribution in [2.24, 2.45) is 5.10 Å². The van der Waals surface area contributed by atoms with E-state index in [9.17, 15) is 4.79 Å². The molecule has 0 radical (unpaired) electrons. The molecule has 0 aliphatic heterocycles. The van der Waals surface area contributed by atoms with E-state index in [4.69, 9.17) is 10.5 Å². The highest BCUT2D eigenvalue weighted by atomic mass is 16.5. The lowest BCUT2D eigenvalue weighted by Gasteiger charge is -2.07. The zero-order valence-corrected chi connectivity index (χ0v) is 13.4. The van der Waals surface area contributed by atoms with Gasteiger partial charge in [0.1, 0.15) is 5.75 Å². The molecule has 2 aromatic carbocycles. The number of aryl methyl sites for hydroxylation is 1. The highest BCUT2D eigenvalue weighted by molar-refractivity contribution is 5.99. The van der Waals surface area contributed by atoms with Crippen molar-refractivity contribution in [1.29, 1.82) is 0 Å². The third kappa shape index (κ3) is 5.14. The van der Waals surface area contributed by atoms with E-state index in [0.717, 1.165) is 12.0 Å². The summed E-state index contributed by atoms with van der Waals surface area (Å²) in [6, 6.07) is 15.0. The van der Waals surface area contributed by atoms with E-state index in [0.29, 0.717) is 17.1 Å². The number of carbonyl (C=O) groups is 1. The second-order valence-electron chi connectivity index (χ2n) is 5.14.